The Morgan fingerprint density at radius 2 is 1.47 bits per heavy atom. The molecule has 0 aromatic heterocycles. The van der Waals surface area contributed by atoms with Crippen molar-refractivity contribution < 1.29 is 37.6 Å². The lowest BCUT2D eigenvalue weighted by Gasteiger charge is -2.27. The number of nitrogens with zero attached hydrogens (tertiary/aromatic N) is 1. The summed E-state index contributed by atoms with van der Waals surface area (Å²) in [6, 6.07) is 0. The molecule has 2 atom stereocenters. The Morgan fingerprint density at radius 1 is 0.912 bits per heavy atom. The van der Waals surface area contributed by atoms with Gasteiger partial charge in [0.25, 0.3) is 7.82 Å². The quantitative estimate of drug-likeness (QED) is 0.0700. The summed E-state index contributed by atoms with van der Waals surface area (Å²) in [6.45, 7) is 1.91. The Bertz CT molecular complexity index is 578. The number of hydrogen-bond donors (Lipinski definition) is 1. The monoisotopic (exact) mass is 507 g/mol. The van der Waals surface area contributed by atoms with Gasteiger partial charge in [0.05, 0.1) is 27.7 Å². The number of carbonyl (C=O) groups is 1. The predicted octanol–water partition coefficient (Wildman–Crippen LogP) is 4.75. The van der Waals surface area contributed by atoms with Crippen LogP contribution in [0.2, 0.25) is 0 Å². The molecule has 0 saturated heterocycles. The van der Waals surface area contributed by atoms with Crippen LogP contribution in [0.5, 0.6) is 0 Å². The van der Waals surface area contributed by atoms with Crippen molar-refractivity contribution in [2.45, 2.75) is 96.5 Å². The Labute approximate surface area is 207 Å². The molecule has 202 valence electrons. The molecule has 0 amide bonds. The molecule has 0 aliphatic carbocycles. The molecule has 0 aliphatic rings. The van der Waals surface area contributed by atoms with Crippen molar-refractivity contribution in [3.63, 3.8) is 0 Å². The van der Waals surface area contributed by atoms with E-state index in [1.807, 2.05) is 21.1 Å². The topological polar surface area (TPSA) is 105 Å². The number of carbonyl (C=O) groups excluding carboxylic acids is 1. The van der Waals surface area contributed by atoms with Crippen LogP contribution in [0.25, 0.3) is 0 Å². The van der Waals surface area contributed by atoms with Crippen molar-refractivity contribution in [1.82, 2.24) is 0 Å². The van der Waals surface area contributed by atoms with Gasteiger partial charge in [-0.25, -0.2) is 0 Å². The van der Waals surface area contributed by atoms with Crippen LogP contribution in [0, 0.1) is 0 Å². The Morgan fingerprint density at radius 3 is 2.06 bits per heavy atom. The molecule has 0 spiro atoms. The first-order chi connectivity index (χ1) is 16.1. The van der Waals surface area contributed by atoms with E-state index in [-0.39, 0.29) is 13.2 Å². The van der Waals surface area contributed by atoms with E-state index in [1.54, 1.807) is 0 Å². The fourth-order valence-corrected chi connectivity index (χ4v) is 3.85. The van der Waals surface area contributed by atoms with Gasteiger partial charge in [0, 0.05) is 6.42 Å². The van der Waals surface area contributed by atoms with Crippen LogP contribution in [0.4, 0.5) is 0 Å². The van der Waals surface area contributed by atoms with E-state index in [2.05, 4.69) is 23.6 Å². The van der Waals surface area contributed by atoms with Gasteiger partial charge in [-0.3, -0.25) is 9.36 Å². The highest BCUT2D eigenvalue weighted by Crippen LogP contribution is 2.38. The number of phosphoric ester groups is 1. The molecule has 34 heavy (non-hydrogen) atoms. The van der Waals surface area contributed by atoms with E-state index >= 15 is 0 Å². The maximum Gasteiger partial charge on any atom is 0.305 e. The van der Waals surface area contributed by atoms with Crippen LogP contribution in [-0.2, 0) is 23.1 Å². The average Bonchev–Trinajstić information content (AvgIpc) is 2.75. The summed E-state index contributed by atoms with van der Waals surface area (Å²) in [5, 5.41) is 9.78. The first kappa shape index (κ1) is 33.2. The number of unbranched alkanes of at least 4 members (excludes halogenated alkanes) is 10. The zero-order chi connectivity index (χ0) is 25.7. The normalized spacial score (nSPS) is 14.9. The molecule has 0 fully saturated rings. The number of quaternary nitrogens is 1. The van der Waals surface area contributed by atoms with Crippen LogP contribution in [-0.4, -0.2) is 69.2 Å². The summed E-state index contributed by atoms with van der Waals surface area (Å²) in [4.78, 5) is 23.4. The molecule has 9 heteroatoms. The minimum atomic E-state index is -4.49. The third kappa shape index (κ3) is 24.4. The number of allylic oxidation sites excluding steroid dienone is 2. The molecule has 0 rings (SSSR count). The van der Waals surface area contributed by atoms with Crippen molar-refractivity contribution in [1.29, 1.82) is 0 Å². The smallest absolute Gasteiger partial charge is 0.305 e. The van der Waals surface area contributed by atoms with Crippen LogP contribution < -0.4 is 4.89 Å². The molecule has 0 saturated carbocycles. The minimum Gasteiger partial charge on any atom is -0.756 e. The van der Waals surface area contributed by atoms with Crippen molar-refractivity contribution in [2.24, 2.45) is 0 Å². The summed E-state index contributed by atoms with van der Waals surface area (Å²) >= 11 is 0. The SMILES string of the molecule is CCCCCCC/C=C/CCCCCCCC(=O)OC[C@@H](O)COP(=O)([O-])OCC[N+](C)(C)C. The summed E-state index contributed by atoms with van der Waals surface area (Å²) in [7, 11) is 1.24. The third-order valence-corrected chi connectivity index (χ3v) is 6.23. The molecule has 0 bridgehead atoms. The Balaban J connectivity index is 3.61. The standard InChI is InChI=1S/C25H50NO7P/c1-5-6-7-8-9-10-11-12-13-14-15-16-17-18-19-25(28)31-22-24(27)23-33-34(29,30)32-21-20-26(2,3)4/h11-12,24,27H,5-10,13-23H2,1-4H3/b12-11+/t24-/m1/s1. The lowest BCUT2D eigenvalue weighted by Crippen LogP contribution is -2.37. The zero-order valence-electron chi connectivity index (χ0n) is 22.0. The molecule has 8 nitrogen and oxygen atoms in total. The van der Waals surface area contributed by atoms with E-state index < -0.39 is 26.5 Å². The maximum absolute atomic E-state index is 11.8. The fraction of sp³-hybridized carbons (Fsp3) is 0.880. The molecule has 0 aromatic carbocycles. The molecule has 0 radical (unpaired) electrons. The summed E-state index contributed by atoms with van der Waals surface area (Å²) < 4.78 is 26.6. The van der Waals surface area contributed by atoms with Gasteiger partial charge >= 0.3 is 5.97 Å². The van der Waals surface area contributed by atoms with E-state index in [0.717, 1.165) is 32.1 Å². The van der Waals surface area contributed by atoms with Gasteiger partial charge in [0.15, 0.2) is 0 Å². The first-order valence-electron chi connectivity index (χ1n) is 12.9. The van der Waals surface area contributed by atoms with Gasteiger partial charge in [0.1, 0.15) is 25.9 Å². The number of aliphatic hydroxyl groups excluding tert-OH is 1. The number of ether oxygens (including phenoxy) is 1. The van der Waals surface area contributed by atoms with Gasteiger partial charge in [-0.1, -0.05) is 64.0 Å². The van der Waals surface area contributed by atoms with Crippen LogP contribution in [0.3, 0.4) is 0 Å². The predicted molar refractivity (Wildman–Crippen MR) is 134 cm³/mol. The second kappa shape index (κ2) is 20.4. The molecule has 0 heterocycles. The van der Waals surface area contributed by atoms with Crippen molar-refractivity contribution in [3.05, 3.63) is 12.2 Å². The van der Waals surface area contributed by atoms with Crippen LogP contribution in [0.1, 0.15) is 90.4 Å². The van der Waals surface area contributed by atoms with E-state index in [0.29, 0.717) is 17.4 Å². The highest BCUT2D eigenvalue weighted by Gasteiger charge is 2.16. The summed E-state index contributed by atoms with van der Waals surface area (Å²) in [5.74, 6) is -0.398. The number of hydrogen-bond acceptors (Lipinski definition) is 7. The highest BCUT2D eigenvalue weighted by atomic mass is 31.2. The molecule has 1 N–H and O–H groups in total. The Hall–Kier alpha value is -0.760. The molecule has 0 aromatic rings. The summed E-state index contributed by atoms with van der Waals surface area (Å²) in [6.07, 6.45) is 17.7. The molecular weight excluding hydrogens is 457 g/mol. The van der Waals surface area contributed by atoms with E-state index in [9.17, 15) is 19.4 Å². The second-order valence-electron chi connectivity index (χ2n) is 9.91. The zero-order valence-corrected chi connectivity index (χ0v) is 22.9. The van der Waals surface area contributed by atoms with Crippen molar-refractivity contribution >= 4 is 13.8 Å². The number of phosphoric acid groups is 1. The van der Waals surface area contributed by atoms with Crippen LogP contribution >= 0.6 is 7.82 Å². The second-order valence-corrected chi connectivity index (χ2v) is 11.3. The van der Waals surface area contributed by atoms with Gasteiger partial charge in [-0.05, 0) is 32.1 Å². The molecule has 1 unspecified atom stereocenters. The largest absolute Gasteiger partial charge is 0.756 e. The first-order valence-corrected chi connectivity index (χ1v) is 14.4. The number of rotatable bonds is 23. The highest BCUT2D eigenvalue weighted by molar-refractivity contribution is 7.45. The maximum atomic E-state index is 11.8. The van der Waals surface area contributed by atoms with E-state index in [1.165, 1.54) is 44.9 Å². The molecule has 0 aliphatic heterocycles. The van der Waals surface area contributed by atoms with Crippen molar-refractivity contribution in [3.8, 4) is 0 Å². The third-order valence-electron chi connectivity index (χ3n) is 5.27. The van der Waals surface area contributed by atoms with Gasteiger partial charge < -0.3 is 28.3 Å². The average molecular weight is 508 g/mol. The number of esters is 1. The minimum absolute atomic E-state index is 0.00868. The van der Waals surface area contributed by atoms with Crippen molar-refractivity contribution in [2.75, 3.05) is 47.5 Å². The molecular formula is C25H50NO7P. The van der Waals surface area contributed by atoms with E-state index in [4.69, 9.17) is 9.26 Å². The van der Waals surface area contributed by atoms with Gasteiger partial charge in [-0.15, -0.1) is 0 Å². The summed E-state index contributed by atoms with van der Waals surface area (Å²) in [5.41, 5.74) is 0. The number of aliphatic hydroxyl groups is 1. The Kier molecular flexibility index (Phi) is 20.0. The lowest BCUT2D eigenvalue weighted by molar-refractivity contribution is -0.870. The fourth-order valence-electron chi connectivity index (χ4n) is 3.11. The number of likely N-dealkylation sites (N-methyl/N-ethyl adjacent to an activating group) is 1. The van der Waals surface area contributed by atoms with Gasteiger partial charge in [0.2, 0.25) is 0 Å². The van der Waals surface area contributed by atoms with Gasteiger partial charge in [-0.2, -0.15) is 0 Å². The lowest BCUT2D eigenvalue weighted by atomic mass is 10.1. The van der Waals surface area contributed by atoms with Crippen LogP contribution in [0.15, 0.2) is 12.2 Å².